The summed E-state index contributed by atoms with van der Waals surface area (Å²) in [5, 5.41) is 0.474. The number of hydrogen-bond acceptors (Lipinski definition) is 2. The molecule has 0 spiro atoms. The van der Waals surface area contributed by atoms with E-state index in [1.807, 2.05) is 13.9 Å². The van der Waals surface area contributed by atoms with Gasteiger partial charge < -0.3 is 4.74 Å². The molecule has 0 fully saturated rings. The Hall–Kier alpha value is -1.74. The number of rotatable bonds is 3. The Kier molecular flexibility index (Phi) is 3.73. The van der Waals surface area contributed by atoms with Crippen molar-refractivity contribution in [2.45, 2.75) is 0 Å². The molecule has 90 valence electrons. The van der Waals surface area contributed by atoms with E-state index in [9.17, 15) is 4.79 Å². The molecule has 0 unspecified atom stereocenters. The van der Waals surface area contributed by atoms with Crippen LogP contribution in [0.15, 0.2) is 42.5 Å². The van der Waals surface area contributed by atoms with Crippen molar-refractivity contribution in [1.82, 2.24) is 0 Å². The van der Waals surface area contributed by atoms with E-state index < -0.39 is 0 Å². The van der Waals surface area contributed by atoms with Crippen molar-refractivity contribution in [3.8, 4) is 5.75 Å². The highest BCUT2D eigenvalue weighted by atomic mass is 35.5. The first-order valence-electron chi connectivity index (χ1n) is 5.56. The molecule has 4 heteroatoms. The van der Waals surface area contributed by atoms with Gasteiger partial charge in [-0.05, 0) is 30.3 Å². The topological polar surface area (TPSA) is 26.3 Å². The smallest absolute Gasteiger partial charge is 0.194 e. The van der Waals surface area contributed by atoms with Gasteiger partial charge in [-0.1, -0.05) is 29.2 Å². The second kappa shape index (κ2) is 5.28. The Morgan fingerprint density at radius 3 is 2.44 bits per heavy atom. The van der Waals surface area contributed by atoms with E-state index in [-0.39, 0.29) is 5.78 Å². The van der Waals surface area contributed by atoms with E-state index in [4.69, 9.17) is 16.3 Å². The first kappa shape index (κ1) is 12.7. The Morgan fingerprint density at radius 1 is 1.17 bits per heavy atom. The maximum Gasteiger partial charge on any atom is 0.194 e. The first-order chi connectivity index (χ1) is 8.61. The Bertz CT molecular complexity index is 579. The van der Waals surface area contributed by atoms with Gasteiger partial charge in [0.25, 0.3) is 0 Å². The Labute approximate surface area is 112 Å². The lowest BCUT2D eigenvalue weighted by atomic mass is 9.92. The highest BCUT2D eigenvalue weighted by Gasteiger charge is 2.12. The van der Waals surface area contributed by atoms with Crippen LogP contribution in [0, 0.1) is 0 Å². The van der Waals surface area contributed by atoms with Crippen molar-refractivity contribution in [2.75, 3.05) is 7.11 Å². The van der Waals surface area contributed by atoms with E-state index >= 15 is 0 Å². The maximum atomic E-state index is 12.3. The van der Waals surface area contributed by atoms with Gasteiger partial charge in [-0.25, -0.2) is 0 Å². The number of hydrogen-bond donors (Lipinski definition) is 0. The molecule has 0 bridgehead atoms. The molecule has 0 saturated heterocycles. The predicted octanol–water partition coefficient (Wildman–Crippen LogP) is 1.84. The number of carbonyl (C=O) groups is 1. The molecular formula is C14H12BClO2. The van der Waals surface area contributed by atoms with Gasteiger partial charge in [0, 0.05) is 11.1 Å². The third-order valence-corrected chi connectivity index (χ3v) is 3.05. The van der Waals surface area contributed by atoms with E-state index in [2.05, 4.69) is 0 Å². The molecule has 2 aromatic rings. The van der Waals surface area contributed by atoms with Crippen molar-refractivity contribution in [3.05, 3.63) is 58.6 Å². The average molecular weight is 259 g/mol. The number of benzene rings is 2. The van der Waals surface area contributed by atoms with Gasteiger partial charge >= 0.3 is 0 Å². The number of halogens is 1. The third kappa shape index (κ3) is 2.57. The van der Waals surface area contributed by atoms with Crippen LogP contribution in [0.2, 0.25) is 5.02 Å². The van der Waals surface area contributed by atoms with Crippen LogP contribution in [-0.4, -0.2) is 20.7 Å². The number of carbonyl (C=O) groups excluding carboxylic acids is 1. The number of ketones is 1. The molecule has 2 rings (SSSR count). The van der Waals surface area contributed by atoms with E-state index in [1.54, 1.807) is 43.5 Å². The fourth-order valence-corrected chi connectivity index (χ4v) is 1.91. The molecule has 0 heterocycles. The van der Waals surface area contributed by atoms with Crippen molar-refractivity contribution in [1.29, 1.82) is 0 Å². The van der Waals surface area contributed by atoms with E-state index in [1.165, 1.54) is 0 Å². The summed E-state index contributed by atoms with van der Waals surface area (Å²) in [7, 11) is 3.52. The van der Waals surface area contributed by atoms with Gasteiger partial charge in [0.15, 0.2) is 5.78 Å². The lowest BCUT2D eigenvalue weighted by Gasteiger charge is -2.06. The predicted molar refractivity (Wildman–Crippen MR) is 76.1 cm³/mol. The molecule has 0 amide bonds. The van der Waals surface area contributed by atoms with Crippen LogP contribution >= 0.6 is 11.6 Å². The Morgan fingerprint density at radius 2 is 1.83 bits per heavy atom. The number of methoxy groups -OCH3 is 1. The largest absolute Gasteiger partial charge is 0.497 e. The molecule has 0 aliphatic heterocycles. The molecule has 2 nitrogen and oxygen atoms in total. The summed E-state index contributed by atoms with van der Waals surface area (Å²) in [4.78, 5) is 12.3. The van der Waals surface area contributed by atoms with Crippen LogP contribution in [0.25, 0.3) is 0 Å². The Balaban J connectivity index is 2.38. The summed E-state index contributed by atoms with van der Waals surface area (Å²) in [6.45, 7) is 0. The first-order valence-corrected chi connectivity index (χ1v) is 5.94. The van der Waals surface area contributed by atoms with E-state index in [0.717, 1.165) is 11.2 Å². The zero-order chi connectivity index (χ0) is 13.1. The maximum absolute atomic E-state index is 12.3. The summed E-state index contributed by atoms with van der Waals surface area (Å²) in [5.41, 5.74) is 2.14. The highest BCUT2D eigenvalue weighted by Crippen LogP contribution is 2.19. The van der Waals surface area contributed by atoms with Crippen LogP contribution < -0.4 is 10.2 Å². The van der Waals surface area contributed by atoms with Crippen LogP contribution in [0.1, 0.15) is 15.9 Å². The second-order valence-electron chi connectivity index (χ2n) is 4.04. The van der Waals surface area contributed by atoms with Crippen molar-refractivity contribution >= 4 is 30.7 Å². The summed E-state index contributed by atoms with van der Waals surface area (Å²) in [5.74, 6) is 0.647. The van der Waals surface area contributed by atoms with Gasteiger partial charge in [0.2, 0.25) is 0 Å². The van der Waals surface area contributed by atoms with Crippen LogP contribution in [0.5, 0.6) is 5.75 Å². The second-order valence-corrected chi connectivity index (χ2v) is 4.45. The molecule has 18 heavy (non-hydrogen) atoms. The van der Waals surface area contributed by atoms with Gasteiger partial charge in [-0.3, -0.25) is 4.79 Å². The highest BCUT2D eigenvalue weighted by molar-refractivity contribution is 6.37. The lowest BCUT2D eigenvalue weighted by Crippen LogP contribution is -2.09. The minimum Gasteiger partial charge on any atom is -0.497 e. The molecule has 2 aromatic carbocycles. The zero-order valence-electron chi connectivity index (χ0n) is 10.2. The molecule has 0 aliphatic rings. The summed E-state index contributed by atoms with van der Waals surface area (Å²) < 4.78 is 5.06. The van der Waals surface area contributed by atoms with Gasteiger partial charge in [0.05, 0.1) is 12.1 Å². The third-order valence-electron chi connectivity index (χ3n) is 2.72. The monoisotopic (exact) mass is 258 g/mol. The lowest BCUT2D eigenvalue weighted by molar-refractivity contribution is 0.103. The van der Waals surface area contributed by atoms with Crippen LogP contribution in [0.3, 0.4) is 0 Å². The summed E-state index contributed by atoms with van der Waals surface area (Å²) in [6, 6.07) is 12.4. The minimum absolute atomic E-state index is 0.0775. The van der Waals surface area contributed by atoms with E-state index in [0.29, 0.717) is 16.1 Å². The molecule has 0 radical (unpaired) electrons. The molecular weight excluding hydrogens is 246 g/mol. The fourth-order valence-electron chi connectivity index (χ4n) is 1.71. The zero-order valence-corrected chi connectivity index (χ0v) is 11.0. The fraction of sp³-hybridized carbons (Fsp3) is 0.0714. The normalized spacial score (nSPS) is 10.1. The van der Waals surface area contributed by atoms with Crippen molar-refractivity contribution < 1.29 is 9.53 Å². The quantitative estimate of drug-likeness (QED) is 0.620. The average Bonchev–Trinajstić information content (AvgIpc) is 2.41. The minimum atomic E-state index is -0.0775. The molecule has 0 saturated carbocycles. The van der Waals surface area contributed by atoms with Crippen molar-refractivity contribution in [3.63, 3.8) is 0 Å². The standard InChI is InChI=1S/C14H12BClO2/c1-18-11-5-2-9(3-6-11)14(17)12-8-10(15)4-7-13(12)16/h2-8H,15H2,1H3. The van der Waals surface area contributed by atoms with Crippen LogP contribution in [0.4, 0.5) is 0 Å². The molecule has 0 aliphatic carbocycles. The van der Waals surface area contributed by atoms with Crippen molar-refractivity contribution in [2.24, 2.45) is 0 Å². The molecule has 0 N–H and O–H groups in total. The summed E-state index contributed by atoms with van der Waals surface area (Å²) >= 11 is 6.05. The van der Waals surface area contributed by atoms with Gasteiger partial charge in [0.1, 0.15) is 13.6 Å². The van der Waals surface area contributed by atoms with Gasteiger partial charge in [-0.2, -0.15) is 0 Å². The number of ether oxygens (including phenoxy) is 1. The SMILES string of the molecule is Bc1ccc(Cl)c(C(=O)c2ccc(OC)cc2)c1. The molecule has 0 atom stereocenters. The van der Waals surface area contributed by atoms with Gasteiger partial charge in [-0.15, -0.1) is 0 Å². The molecule has 0 aromatic heterocycles. The summed E-state index contributed by atoms with van der Waals surface area (Å²) in [6.07, 6.45) is 0. The van der Waals surface area contributed by atoms with Crippen LogP contribution in [-0.2, 0) is 0 Å².